The van der Waals surface area contributed by atoms with Crippen LogP contribution in [0.2, 0.25) is 0 Å². The van der Waals surface area contributed by atoms with Gasteiger partial charge in [-0.15, -0.1) is 11.3 Å². The second-order valence-electron chi connectivity index (χ2n) is 5.52. The van der Waals surface area contributed by atoms with Gasteiger partial charge in [0.1, 0.15) is 0 Å². The Hall–Kier alpha value is -0.940. The highest BCUT2D eigenvalue weighted by atomic mass is 32.1. The van der Waals surface area contributed by atoms with E-state index in [1.54, 1.807) is 11.3 Å². The first kappa shape index (κ1) is 15.1. The van der Waals surface area contributed by atoms with Gasteiger partial charge in [-0.25, -0.2) is 4.98 Å². The monoisotopic (exact) mass is 269 g/mol. The highest BCUT2D eigenvalue weighted by Gasteiger charge is 2.18. The van der Waals surface area contributed by atoms with E-state index in [0.29, 0.717) is 0 Å². The Morgan fingerprint density at radius 1 is 1.50 bits per heavy atom. The number of carbonyl (C=O) groups excluding carboxylic acids is 1. The molecular weight excluding hydrogens is 246 g/mol. The quantitative estimate of drug-likeness (QED) is 0.858. The zero-order chi connectivity index (χ0) is 13.8. The molecule has 2 N–H and O–H groups in total. The van der Waals surface area contributed by atoms with E-state index >= 15 is 0 Å². The van der Waals surface area contributed by atoms with Crippen LogP contribution in [-0.4, -0.2) is 29.0 Å². The van der Waals surface area contributed by atoms with Crippen LogP contribution < -0.4 is 10.6 Å². The molecular formula is C13H23N3OS. The van der Waals surface area contributed by atoms with Gasteiger partial charge in [0.25, 0.3) is 0 Å². The van der Waals surface area contributed by atoms with Gasteiger partial charge >= 0.3 is 0 Å². The largest absolute Gasteiger partial charge is 0.350 e. The Balaban J connectivity index is 2.28. The van der Waals surface area contributed by atoms with E-state index in [-0.39, 0.29) is 17.5 Å². The van der Waals surface area contributed by atoms with Crippen LogP contribution in [0.4, 0.5) is 0 Å². The van der Waals surface area contributed by atoms with Crippen molar-refractivity contribution in [2.24, 2.45) is 0 Å². The average Bonchev–Trinajstić information content (AvgIpc) is 2.61. The van der Waals surface area contributed by atoms with E-state index < -0.39 is 0 Å². The van der Waals surface area contributed by atoms with Crippen LogP contribution in [0.15, 0.2) is 5.38 Å². The molecule has 5 heteroatoms. The first-order valence-corrected chi connectivity index (χ1v) is 7.12. The molecule has 0 radical (unpaired) electrons. The van der Waals surface area contributed by atoms with Crippen LogP contribution in [0.25, 0.3) is 0 Å². The molecule has 18 heavy (non-hydrogen) atoms. The molecule has 0 fully saturated rings. The van der Waals surface area contributed by atoms with Crippen LogP contribution in [0, 0.1) is 6.92 Å². The third-order valence-corrected chi connectivity index (χ3v) is 3.21. The van der Waals surface area contributed by atoms with E-state index in [2.05, 4.69) is 21.0 Å². The van der Waals surface area contributed by atoms with Gasteiger partial charge in [-0.05, 0) is 34.6 Å². The summed E-state index contributed by atoms with van der Waals surface area (Å²) in [5, 5.41) is 9.32. The van der Waals surface area contributed by atoms with Gasteiger partial charge in [0.05, 0.1) is 16.7 Å². The number of aryl methyl sites for hydroxylation is 1. The number of thiazole rings is 1. The lowest BCUT2D eigenvalue weighted by Crippen LogP contribution is -2.49. The van der Waals surface area contributed by atoms with Gasteiger partial charge in [-0.1, -0.05) is 0 Å². The van der Waals surface area contributed by atoms with E-state index in [1.165, 1.54) is 0 Å². The molecule has 0 saturated carbocycles. The molecule has 0 bridgehead atoms. The van der Waals surface area contributed by atoms with Crippen LogP contribution >= 0.6 is 11.3 Å². The van der Waals surface area contributed by atoms with Gasteiger partial charge in [-0.3, -0.25) is 4.79 Å². The summed E-state index contributed by atoms with van der Waals surface area (Å²) in [6.07, 6.45) is 0.859. The fourth-order valence-electron chi connectivity index (χ4n) is 1.51. The topological polar surface area (TPSA) is 54.0 Å². The van der Waals surface area contributed by atoms with E-state index in [1.807, 2.05) is 34.6 Å². The van der Waals surface area contributed by atoms with Crippen LogP contribution in [0.5, 0.6) is 0 Å². The first-order valence-electron chi connectivity index (χ1n) is 6.24. The lowest BCUT2D eigenvalue weighted by molar-refractivity contribution is -0.124. The molecule has 1 unspecified atom stereocenters. The molecule has 0 aliphatic carbocycles. The maximum absolute atomic E-state index is 11.8. The number of hydrogen-bond donors (Lipinski definition) is 2. The maximum atomic E-state index is 11.8. The zero-order valence-corrected chi connectivity index (χ0v) is 12.6. The van der Waals surface area contributed by atoms with Crippen molar-refractivity contribution in [3.8, 4) is 0 Å². The molecule has 102 valence electrons. The fourth-order valence-corrected chi connectivity index (χ4v) is 2.16. The molecule has 1 amide bonds. The summed E-state index contributed by atoms with van der Waals surface area (Å²) in [6.45, 7) is 10.6. The molecule has 0 aliphatic rings. The van der Waals surface area contributed by atoms with Gasteiger partial charge < -0.3 is 10.6 Å². The second-order valence-corrected chi connectivity index (χ2v) is 6.59. The van der Waals surface area contributed by atoms with Gasteiger partial charge in [0.15, 0.2) is 0 Å². The maximum Gasteiger partial charge on any atom is 0.237 e. The number of nitrogens with zero attached hydrogens (tertiary/aromatic N) is 1. The zero-order valence-electron chi connectivity index (χ0n) is 11.8. The summed E-state index contributed by atoms with van der Waals surface area (Å²) in [5.41, 5.74) is 0.910. The van der Waals surface area contributed by atoms with E-state index in [0.717, 1.165) is 23.7 Å². The molecule has 1 heterocycles. The Bertz CT molecular complexity index is 395. The molecule has 0 aliphatic heterocycles. The van der Waals surface area contributed by atoms with Crippen molar-refractivity contribution in [2.75, 3.05) is 6.54 Å². The number of nitrogens with one attached hydrogen (secondary N) is 2. The summed E-state index contributed by atoms with van der Waals surface area (Å²) >= 11 is 1.66. The Labute approximate surface area is 113 Å². The number of amides is 1. The minimum absolute atomic E-state index is 0.0389. The highest BCUT2D eigenvalue weighted by Crippen LogP contribution is 2.07. The minimum atomic E-state index is -0.181. The third kappa shape index (κ3) is 5.60. The first-order chi connectivity index (χ1) is 8.28. The molecule has 1 rings (SSSR count). The summed E-state index contributed by atoms with van der Waals surface area (Å²) in [5.74, 6) is 0.0389. The van der Waals surface area contributed by atoms with Crippen LogP contribution in [0.1, 0.15) is 38.4 Å². The van der Waals surface area contributed by atoms with Crippen molar-refractivity contribution in [3.05, 3.63) is 16.1 Å². The summed E-state index contributed by atoms with van der Waals surface area (Å²) < 4.78 is 0. The number of rotatable bonds is 5. The van der Waals surface area contributed by atoms with E-state index in [4.69, 9.17) is 0 Å². The van der Waals surface area contributed by atoms with Gasteiger partial charge in [0.2, 0.25) is 5.91 Å². The number of hydrogen-bond acceptors (Lipinski definition) is 4. The van der Waals surface area contributed by atoms with Crippen LogP contribution in [-0.2, 0) is 11.2 Å². The molecule has 1 aromatic rings. The van der Waals surface area contributed by atoms with Crippen molar-refractivity contribution in [2.45, 2.75) is 52.6 Å². The predicted octanol–water partition coefficient (Wildman–Crippen LogP) is 1.89. The van der Waals surface area contributed by atoms with Gasteiger partial charge in [-0.2, -0.15) is 0 Å². The Morgan fingerprint density at radius 3 is 2.67 bits per heavy atom. The summed E-state index contributed by atoms with van der Waals surface area (Å²) in [4.78, 5) is 16.2. The van der Waals surface area contributed by atoms with Crippen molar-refractivity contribution in [1.29, 1.82) is 0 Å². The molecule has 0 saturated heterocycles. The van der Waals surface area contributed by atoms with Gasteiger partial charge in [0, 0.05) is 23.9 Å². The second kappa shape index (κ2) is 6.29. The van der Waals surface area contributed by atoms with Crippen molar-refractivity contribution >= 4 is 17.2 Å². The molecule has 4 nitrogen and oxygen atoms in total. The Kier molecular flexibility index (Phi) is 5.28. The summed E-state index contributed by atoms with van der Waals surface area (Å²) in [7, 11) is 0. The standard InChI is InChI=1S/C13H23N3OS/c1-9(12(17)16-13(3,4)5)14-7-6-11-8-18-10(2)15-11/h8-9,14H,6-7H2,1-5H3,(H,16,17). The molecule has 0 aromatic carbocycles. The van der Waals surface area contributed by atoms with Crippen molar-refractivity contribution in [3.63, 3.8) is 0 Å². The van der Waals surface area contributed by atoms with Crippen molar-refractivity contribution in [1.82, 2.24) is 15.6 Å². The third-order valence-electron chi connectivity index (χ3n) is 2.39. The number of aromatic nitrogens is 1. The van der Waals surface area contributed by atoms with Crippen LogP contribution in [0.3, 0.4) is 0 Å². The average molecular weight is 269 g/mol. The molecule has 0 spiro atoms. The van der Waals surface area contributed by atoms with Crippen molar-refractivity contribution < 1.29 is 4.79 Å². The Morgan fingerprint density at radius 2 is 2.17 bits per heavy atom. The number of carbonyl (C=O) groups is 1. The molecule has 1 atom stereocenters. The smallest absolute Gasteiger partial charge is 0.237 e. The fraction of sp³-hybridized carbons (Fsp3) is 0.692. The minimum Gasteiger partial charge on any atom is -0.350 e. The lowest BCUT2D eigenvalue weighted by Gasteiger charge is -2.23. The predicted molar refractivity (Wildman–Crippen MR) is 75.9 cm³/mol. The highest BCUT2D eigenvalue weighted by molar-refractivity contribution is 7.09. The van der Waals surface area contributed by atoms with E-state index in [9.17, 15) is 4.79 Å². The SMILES string of the molecule is Cc1nc(CCNC(C)C(=O)NC(C)(C)C)cs1. The lowest BCUT2D eigenvalue weighted by atomic mass is 10.1. The summed E-state index contributed by atoms with van der Waals surface area (Å²) in [6, 6.07) is -0.177. The molecule has 1 aromatic heterocycles. The normalized spacial score (nSPS) is 13.4.